The Bertz CT molecular complexity index is 75.1. The molecule has 0 saturated carbocycles. The highest BCUT2D eigenvalue weighted by atomic mass is 35.5. The van der Waals surface area contributed by atoms with Crippen molar-refractivity contribution in [1.82, 2.24) is 0 Å². The lowest BCUT2D eigenvalue weighted by Crippen LogP contribution is -2.20. The largest absolute Gasteiger partial charge is 0.481 e. The number of carboxylic acids is 1. The summed E-state index contributed by atoms with van der Waals surface area (Å²) in [6, 6.07) is 0. The summed E-state index contributed by atoms with van der Waals surface area (Å²) in [6.07, 6.45) is 0. The first-order chi connectivity index (χ1) is 3.46. The SMILES string of the molecule is CC(=O)O.Cl.N=C(N)N. The zero-order valence-electron chi connectivity index (χ0n) is 4.92. The molecular formula is C3H10ClN3O2. The van der Waals surface area contributed by atoms with Gasteiger partial charge in [0.15, 0.2) is 5.96 Å². The quantitative estimate of drug-likeness (QED) is 0.275. The van der Waals surface area contributed by atoms with Crippen LogP contribution in [0.5, 0.6) is 0 Å². The van der Waals surface area contributed by atoms with Gasteiger partial charge in [0.25, 0.3) is 5.97 Å². The summed E-state index contributed by atoms with van der Waals surface area (Å²) in [4.78, 5) is 9.00. The second-order valence-corrected chi connectivity index (χ2v) is 0.974. The van der Waals surface area contributed by atoms with E-state index < -0.39 is 5.97 Å². The van der Waals surface area contributed by atoms with E-state index in [0.717, 1.165) is 6.92 Å². The standard InChI is InChI=1S/C2H4O2.CH5N3.ClH/c1-2(3)4;2-1(3)4;/h1H3,(H,3,4);(H5,2,3,4);1H. The molecule has 9 heavy (non-hydrogen) atoms. The monoisotopic (exact) mass is 155 g/mol. The zero-order chi connectivity index (χ0) is 7.15. The van der Waals surface area contributed by atoms with Crippen LogP contribution >= 0.6 is 12.4 Å². The molecule has 0 atom stereocenters. The van der Waals surface area contributed by atoms with Crippen molar-refractivity contribution in [3.05, 3.63) is 0 Å². The van der Waals surface area contributed by atoms with Gasteiger partial charge in [-0.2, -0.15) is 0 Å². The first-order valence-corrected chi connectivity index (χ1v) is 1.76. The number of halogens is 1. The van der Waals surface area contributed by atoms with Crippen LogP contribution < -0.4 is 11.5 Å². The number of hydrogen-bond donors (Lipinski definition) is 4. The van der Waals surface area contributed by atoms with E-state index in [2.05, 4.69) is 11.5 Å². The second kappa shape index (κ2) is 10.1. The van der Waals surface area contributed by atoms with E-state index in [4.69, 9.17) is 15.3 Å². The van der Waals surface area contributed by atoms with Crippen molar-refractivity contribution in [2.45, 2.75) is 6.92 Å². The van der Waals surface area contributed by atoms with Crippen LogP contribution in [-0.2, 0) is 4.79 Å². The number of nitrogens with one attached hydrogen (secondary N) is 1. The Kier molecular flexibility index (Phi) is 17.6. The molecule has 0 aromatic rings. The minimum atomic E-state index is -0.833. The molecule has 0 fully saturated rings. The van der Waals surface area contributed by atoms with Crippen molar-refractivity contribution in [3.63, 3.8) is 0 Å². The highest BCUT2D eigenvalue weighted by Gasteiger charge is 1.65. The number of rotatable bonds is 0. The molecule has 0 spiro atoms. The van der Waals surface area contributed by atoms with Crippen LogP contribution in [0.15, 0.2) is 0 Å². The van der Waals surface area contributed by atoms with Gasteiger partial charge in [-0.1, -0.05) is 0 Å². The van der Waals surface area contributed by atoms with Gasteiger partial charge in [-0.05, 0) is 0 Å². The maximum Gasteiger partial charge on any atom is 0.300 e. The van der Waals surface area contributed by atoms with Gasteiger partial charge < -0.3 is 16.6 Å². The minimum Gasteiger partial charge on any atom is -0.481 e. The third-order valence-electron chi connectivity index (χ3n) is 0. The van der Waals surface area contributed by atoms with Gasteiger partial charge in [0, 0.05) is 6.92 Å². The van der Waals surface area contributed by atoms with E-state index in [0.29, 0.717) is 0 Å². The summed E-state index contributed by atoms with van der Waals surface area (Å²) >= 11 is 0. The molecule has 0 saturated heterocycles. The van der Waals surface area contributed by atoms with Gasteiger partial charge in [-0.15, -0.1) is 12.4 Å². The smallest absolute Gasteiger partial charge is 0.300 e. The Morgan fingerprint density at radius 2 is 1.56 bits per heavy atom. The van der Waals surface area contributed by atoms with Crippen LogP contribution in [0.4, 0.5) is 0 Å². The average Bonchev–Trinajstić information content (AvgIpc) is 1.25. The van der Waals surface area contributed by atoms with Crippen LogP contribution in [0.3, 0.4) is 0 Å². The molecule has 0 aliphatic rings. The van der Waals surface area contributed by atoms with E-state index in [1.165, 1.54) is 0 Å². The third kappa shape index (κ3) is 189. The lowest BCUT2D eigenvalue weighted by Gasteiger charge is -1.69. The molecule has 0 radical (unpaired) electrons. The van der Waals surface area contributed by atoms with Crippen molar-refractivity contribution in [2.24, 2.45) is 11.5 Å². The maximum absolute atomic E-state index is 9.00. The Hall–Kier alpha value is -0.970. The summed E-state index contributed by atoms with van der Waals surface area (Å²) < 4.78 is 0. The van der Waals surface area contributed by atoms with E-state index in [1.807, 2.05) is 0 Å². The molecule has 5 nitrogen and oxygen atoms in total. The number of aliphatic carboxylic acids is 1. The molecule has 0 heterocycles. The van der Waals surface area contributed by atoms with Crippen molar-refractivity contribution in [2.75, 3.05) is 0 Å². The van der Waals surface area contributed by atoms with Crippen LogP contribution in [0.1, 0.15) is 6.92 Å². The Morgan fingerprint density at radius 3 is 1.56 bits per heavy atom. The van der Waals surface area contributed by atoms with Gasteiger partial charge in [-0.3, -0.25) is 10.2 Å². The highest BCUT2D eigenvalue weighted by Crippen LogP contribution is 1.42. The highest BCUT2D eigenvalue weighted by molar-refractivity contribution is 5.85. The molecule has 0 amide bonds. The number of carboxylic acid groups (broad SMARTS) is 1. The van der Waals surface area contributed by atoms with Gasteiger partial charge in [0.05, 0.1) is 0 Å². The number of hydrogen-bond acceptors (Lipinski definition) is 2. The molecule has 6 N–H and O–H groups in total. The van der Waals surface area contributed by atoms with Crippen LogP contribution in [0.25, 0.3) is 0 Å². The molecule has 0 unspecified atom stereocenters. The van der Waals surface area contributed by atoms with Crippen LogP contribution in [0.2, 0.25) is 0 Å². The Balaban J connectivity index is -0.0000000720. The molecule has 56 valence electrons. The Morgan fingerprint density at radius 1 is 1.56 bits per heavy atom. The van der Waals surface area contributed by atoms with E-state index in [9.17, 15) is 0 Å². The van der Waals surface area contributed by atoms with E-state index in [-0.39, 0.29) is 18.4 Å². The predicted molar refractivity (Wildman–Crippen MR) is 36.7 cm³/mol. The van der Waals surface area contributed by atoms with Gasteiger partial charge >= 0.3 is 0 Å². The lowest BCUT2D eigenvalue weighted by molar-refractivity contribution is -0.134. The first-order valence-electron chi connectivity index (χ1n) is 1.76. The average molecular weight is 156 g/mol. The molecule has 6 heteroatoms. The van der Waals surface area contributed by atoms with Crippen molar-refractivity contribution in [3.8, 4) is 0 Å². The number of carbonyl (C=O) groups is 1. The second-order valence-electron chi connectivity index (χ2n) is 0.974. The fourth-order valence-electron chi connectivity index (χ4n) is 0. The molecule has 0 aliphatic heterocycles. The van der Waals surface area contributed by atoms with Crippen molar-refractivity contribution in [1.29, 1.82) is 5.41 Å². The normalized spacial score (nSPS) is 5.44. The Labute approximate surface area is 58.9 Å². The predicted octanol–water partition coefficient (Wildman–Crippen LogP) is -0.649. The van der Waals surface area contributed by atoms with Crippen LogP contribution in [0, 0.1) is 5.41 Å². The van der Waals surface area contributed by atoms with E-state index >= 15 is 0 Å². The molecule has 0 rings (SSSR count). The summed E-state index contributed by atoms with van der Waals surface area (Å²) in [5.41, 5.74) is 8.94. The topological polar surface area (TPSA) is 113 Å². The fourth-order valence-corrected chi connectivity index (χ4v) is 0. The van der Waals surface area contributed by atoms with Crippen molar-refractivity contribution >= 4 is 24.3 Å². The number of guanidine groups is 1. The van der Waals surface area contributed by atoms with Gasteiger partial charge in [-0.25, -0.2) is 0 Å². The molecule has 0 aromatic heterocycles. The van der Waals surface area contributed by atoms with Crippen molar-refractivity contribution < 1.29 is 9.90 Å². The minimum absolute atomic E-state index is 0. The summed E-state index contributed by atoms with van der Waals surface area (Å²) in [6.45, 7) is 1.08. The van der Waals surface area contributed by atoms with Gasteiger partial charge in [0.1, 0.15) is 0 Å². The fraction of sp³-hybridized carbons (Fsp3) is 0.333. The summed E-state index contributed by atoms with van der Waals surface area (Å²) in [7, 11) is 0. The maximum atomic E-state index is 9.00. The molecule has 0 aromatic carbocycles. The van der Waals surface area contributed by atoms with Gasteiger partial charge in [0.2, 0.25) is 0 Å². The first kappa shape index (κ1) is 15.7. The molecular weight excluding hydrogens is 146 g/mol. The zero-order valence-corrected chi connectivity index (χ0v) is 5.73. The van der Waals surface area contributed by atoms with Crippen LogP contribution in [-0.4, -0.2) is 17.0 Å². The molecule has 0 bridgehead atoms. The third-order valence-corrected chi connectivity index (χ3v) is 0. The number of nitrogens with two attached hydrogens (primary N) is 2. The summed E-state index contributed by atoms with van der Waals surface area (Å²) in [5.74, 6) is -1.17. The lowest BCUT2D eigenvalue weighted by atomic mass is 10.9. The molecule has 0 aliphatic carbocycles. The van der Waals surface area contributed by atoms with E-state index in [1.54, 1.807) is 0 Å². The summed E-state index contributed by atoms with van der Waals surface area (Å²) in [5, 5.41) is 13.5.